The fraction of sp³-hybridized carbons (Fsp3) is 0.500. The van der Waals surface area contributed by atoms with Crippen LogP contribution in [0.5, 0.6) is 5.75 Å². The van der Waals surface area contributed by atoms with Crippen LogP contribution >= 0.6 is 24.0 Å². The topological polar surface area (TPSA) is 40.1 Å². The minimum atomic E-state index is -0.0990. The number of piperidine rings is 2. The van der Waals surface area contributed by atoms with Gasteiger partial charge in [-0.15, -0.1) is 24.0 Å². The van der Waals surface area contributed by atoms with Crippen LogP contribution in [0, 0.1) is 11.7 Å². The van der Waals surface area contributed by atoms with Crippen molar-refractivity contribution in [2.24, 2.45) is 10.9 Å². The number of ether oxygens (including phenoxy) is 1. The van der Waals surface area contributed by atoms with Crippen LogP contribution in [-0.2, 0) is 6.54 Å². The zero-order valence-electron chi connectivity index (χ0n) is 19.5. The molecule has 1 N–H and O–H groups in total. The largest absolute Gasteiger partial charge is 0.490 e. The molecule has 0 radical (unpaired) electrons. The van der Waals surface area contributed by atoms with Crippen molar-refractivity contribution in [3.63, 3.8) is 0 Å². The molecule has 0 spiro atoms. The number of nitrogens with one attached hydrogen (secondary N) is 1. The molecular formula is C26H36FIN4O. The second kappa shape index (κ2) is 13.1. The molecule has 2 aliphatic heterocycles. The van der Waals surface area contributed by atoms with Gasteiger partial charge in [0.1, 0.15) is 17.7 Å². The molecule has 0 aliphatic carbocycles. The SMILES string of the molecule is CN=C(NCC1CCN(Cc2ccccc2F)CC1)N1CCC(Oc2ccccc2)CC1.I. The highest BCUT2D eigenvalue weighted by atomic mass is 127. The summed E-state index contributed by atoms with van der Waals surface area (Å²) in [5.74, 6) is 2.48. The first-order valence-corrected chi connectivity index (χ1v) is 11.8. The number of nitrogens with zero attached hydrogens (tertiary/aromatic N) is 3. The molecule has 0 saturated carbocycles. The number of halogens is 2. The summed E-state index contributed by atoms with van der Waals surface area (Å²) in [5.41, 5.74) is 0.795. The predicted molar refractivity (Wildman–Crippen MR) is 143 cm³/mol. The van der Waals surface area contributed by atoms with E-state index in [2.05, 4.69) is 20.1 Å². The molecule has 2 aromatic carbocycles. The molecule has 2 fully saturated rings. The summed E-state index contributed by atoms with van der Waals surface area (Å²) in [6.07, 6.45) is 4.54. The molecule has 7 heteroatoms. The van der Waals surface area contributed by atoms with E-state index in [9.17, 15) is 4.39 Å². The van der Waals surface area contributed by atoms with Crippen molar-refractivity contribution in [3.05, 3.63) is 66.0 Å². The molecule has 0 atom stereocenters. The first-order valence-electron chi connectivity index (χ1n) is 11.8. The lowest BCUT2D eigenvalue weighted by molar-refractivity contribution is 0.129. The molecule has 2 saturated heterocycles. The van der Waals surface area contributed by atoms with Gasteiger partial charge in [-0.05, 0) is 50.0 Å². The van der Waals surface area contributed by atoms with Gasteiger partial charge in [-0.1, -0.05) is 36.4 Å². The molecule has 5 nitrogen and oxygen atoms in total. The number of likely N-dealkylation sites (tertiary alicyclic amines) is 2. The highest BCUT2D eigenvalue weighted by Gasteiger charge is 2.24. The minimum absolute atomic E-state index is 0. The average Bonchev–Trinajstić information content (AvgIpc) is 2.83. The van der Waals surface area contributed by atoms with Crippen molar-refractivity contribution in [3.8, 4) is 5.75 Å². The molecule has 0 bridgehead atoms. The number of guanidine groups is 1. The van der Waals surface area contributed by atoms with Crippen LogP contribution in [0.1, 0.15) is 31.2 Å². The number of rotatable bonds is 6. The summed E-state index contributed by atoms with van der Waals surface area (Å²) in [6.45, 7) is 5.59. The Morgan fingerprint density at radius 2 is 1.64 bits per heavy atom. The second-order valence-electron chi connectivity index (χ2n) is 8.86. The van der Waals surface area contributed by atoms with Crippen molar-refractivity contribution < 1.29 is 9.13 Å². The number of hydrogen-bond donors (Lipinski definition) is 1. The van der Waals surface area contributed by atoms with Crippen LogP contribution in [0.2, 0.25) is 0 Å². The van der Waals surface area contributed by atoms with Crippen LogP contribution in [0.25, 0.3) is 0 Å². The van der Waals surface area contributed by atoms with Gasteiger partial charge in [-0.25, -0.2) is 4.39 Å². The monoisotopic (exact) mass is 566 g/mol. The van der Waals surface area contributed by atoms with Crippen molar-refractivity contribution >= 4 is 29.9 Å². The van der Waals surface area contributed by atoms with E-state index in [1.807, 2.05) is 49.5 Å². The number of benzene rings is 2. The van der Waals surface area contributed by atoms with Crippen molar-refractivity contribution in [1.82, 2.24) is 15.1 Å². The van der Waals surface area contributed by atoms with Gasteiger partial charge < -0.3 is 15.0 Å². The third-order valence-electron chi connectivity index (χ3n) is 6.61. The summed E-state index contributed by atoms with van der Waals surface area (Å²) in [5, 5.41) is 3.60. The van der Waals surface area contributed by atoms with Gasteiger partial charge in [0.05, 0.1) is 0 Å². The van der Waals surface area contributed by atoms with E-state index in [1.54, 1.807) is 12.1 Å². The zero-order chi connectivity index (χ0) is 22.2. The predicted octanol–water partition coefficient (Wildman–Crippen LogP) is 4.77. The summed E-state index contributed by atoms with van der Waals surface area (Å²) >= 11 is 0. The van der Waals surface area contributed by atoms with E-state index in [0.717, 1.165) is 75.7 Å². The first kappa shape index (κ1) is 25.7. The lowest BCUT2D eigenvalue weighted by atomic mass is 9.96. The molecule has 180 valence electrons. The van der Waals surface area contributed by atoms with Crippen molar-refractivity contribution in [1.29, 1.82) is 0 Å². The van der Waals surface area contributed by atoms with Gasteiger partial charge in [0, 0.05) is 51.6 Å². The van der Waals surface area contributed by atoms with E-state index in [-0.39, 0.29) is 35.9 Å². The van der Waals surface area contributed by atoms with E-state index in [4.69, 9.17) is 4.74 Å². The molecule has 2 aromatic rings. The Balaban J connectivity index is 0.00000306. The number of aliphatic imine (C=N–C) groups is 1. The van der Waals surface area contributed by atoms with E-state index in [0.29, 0.717) is 12.5 Å². The molecule has 33 heavy (non-hydrogen) atoms. The van der Waals surface area contributed by atoms with Gasteiger partial charge >= 0.3 is 0 Å². The Hall–Kier alpha value is -1.87. The van der Waals surface area contributed by atoms with Crippen LogP contribution in [0.3, 0.4) is 0 Å². The molecule has 2 aliphatic rings. The summed E-state index contributed by atoms with van der Waals surface area (Å²) in [4.78, 5) is 9.23. The van der Waals surface area contributed by atoms with Gasteiger partial charge in [-0.2, -0.15) is 0 Å². The Morgan fingerprint density at radius 1 is 0.970 bits per heavy atom. The van der Waals surface area contributed by atoms with Crippen molar-refractivity contribution in [2.75, 3.05) is 39.8 Å². The fourth-order valence-corrected chi connectivity index (χ4v) is 4.66. The fourth-order valence-electron chi connectivity index (χ4n) is 4.66. The van der Waals surface area contributed by atoms with E-state index in [1.165, 1.54) is 0 Å². The van der Waals surface area contributed by atoms with Crippen LogP contribution in [0.4, 0.5) is 4.39 Å². The third kappa shape index (κ3) is 7.57. The summed E-state index contributed by atoms with van der Waals surface area (Å²) in [7, 11) is 1.87. The van der Waals surface area contributed by atoms with Crippen LogP contribution < -0.4 is 10.1 Å². The second-order valence-corrected chi connectivity index (χ2v) is 8.86. The van der Waals surface area contributed by atoms with Gasteiger partial charge in [0.25, 0.3) is 0 Å². The number of hydrogen-bond acceptors (Lipinski definition) is 3. The normalized spacial score (nSPS) is 18.6. The lowest BCUT2D eigenvalue weighted by Crippen LogP contribution is -2.49. The van der Waals surface area contributed by atoms with E-state index >= 15 is 0 Å². The quantitative estimate of drug-likeness (QED) is 0.311. The molecule has 0 amide bonds. The Bertz CT molecular complexity index is 866. The Labute approximate surface area is 214 Å². The lowest BCUT2D eigenvalue weighted by Gasteiger charge is -2.36. The van der Waals surface area contributed by atoms with Crippen molar-refractivity contribution in [2.45, 2.75) is 38.3 Å². The standard InChI is InChI=1S/C26H35FN4O.HI/c1-28-26(31-17-13-24(14-18-31)32-23-8-3-2-4-9-23)29-19-21-11-15-30(16-12-21)20-22-7-5-6-10-25(22)27;/h2-10,21,24H,11-20H2,1H3,(H,28,29);1H. The molecule has 2 heterocycles. The van der Waals surface area contributed by atoms with Crippen LogP contribution in [0.15, 0.2) is 59.6 Å². The maximum Gasteiger partial charge on any atom is 0.193 e. The van der Waals surface area contributed by atoms with Gasteiger partial charge in [-0.3, -0.25) is 9.89 Å². The third-order valence-corrected chi connectivity index (χ3v) is 6.61. The minimum Gasteiger partial charge on any atom is -0.490 e. The highest BCUT2D eigenvalue weighted by molar-refractivity contribution is 14.0. The molecular weight excluding hydrogens is 530 g/mol. The molecule has 0 aromatic heterocycles. The summed E-state index contributed by atoms with van der Waals surface area (Å²) < 4.78 is 20.0. The highest BCUT2D eigenvalue weighted by Crippen LogP contribution is 2.21. The first-order chi connectivity index (χ1) is 15.7. The summed E-state index contributed by atoms with van der Waals surface area (Å²) in [6, 6.07) is 17.2. The Morgan fingerprint density at radius 3 is 2.30 bits per heavy atom. The zero-order valence-corrected chi connectivity index (χ0v) is 21.8. The number of para-hydroxylation sites is 1. The Kier molecular flexibility index (Phi) is 10.2. The van der Waals surface area contributed by atoms with Gasteiger partial charge in [0.2, 0.25) is 0 Å². The van der Waals surface area contributed by atoms with E-state index < -0.39 is 0 Å². The smallest absolute Gasteiger partial charge is 0.193 e. The van der Waals surface area contributed by atoms with Gasteiger partial charge in [0.15, 0.2) is 5.96 Å². The average molecular weight is 567 g/mol. The maximum atomic E-state index is 13.9. The van der Waals surface area contributed by atoms with Crippen LogP contribution in [-0.4, -0.2) is 61.6 Å². The maximum absolute atomic E-state index is 13.9. The molecule has 0 unspecified atom stereocenters. The molecule has 4 rings (SSSR count).